The van der Waals surface area contributed by atoms with E-state index in [1.54, 1.807) is 12.1 Å². The van der Waals surface area contributed by atoms with Gasteiger partial charge in [-0.3, -0.25) is 0 Å². The summed E-state index contributed by atoms with van der Waals surface area (Å²) in [7, 11) is 3.03. The third kappa shape index (κ3) is 5.22. The Morgan fingerprint density at radius 3 is 2.22 bits per heavy atom. The Kier molecular flexibility index (Phi) is 7.24. The molecule has 0 bridgehead atoms. The van der Waals surface area contributed by atoms with E-state index < -0.39 is 10.0 Å². The van der Waals surface area contributed by atoms with Crippen LogP contribution in [0.3, 0.4) is 0 Å². The van der Waals surface area contributed by atoms with Crippen LogP contribution in [0.2, 0.25) is 0 Å². The number of nitrogens with zero attached hydrogens (tertiary/aromatic N) is 1. The van der Waals surface area contributed by atoms with Gasteiger partial charge >= 0.3 is 0 Å². The fourth-order valence-electron chi connectivity index (χ4n) is 2.83. The highest BCUT2D eigenvalue weighted by Gasteiger charge is 2.23. The predicted molar refractivity (Wildman–Crippen MR) is 107 cm³/mol. The van der Waals surface area contributed by atoms with E-state index >= 15 is 0 Å². The second-order valence-electron chi connectivity index (χ2n) is 6.44. The maximum absolute atomic E-state index is 12.9. The van der Waals surface area contributed by atoms with Crippen molar-refractivity contribution < 1.29 is 17.9 Å². The van der Waals surface area contributed by atoms with Crippen molar-refractivity contribution in [2.45, 2.75) is 24.3 Å². The Balaban J connectivity index is 2.25. The van der Waals surface area contributed by atoms with Crippen LogP contribution >= 0.6 is 0 Å². The molecule has 0 fully saturated rings. The molecule has 0 aromatic heterocycles. The summed E-state index contributed by atoms with van der Waals surface area (Å²) in [5.74, 6) is 0.729. The summed E-state index contributed by atoms with van der Waals surface area (Å²) < 4.78 is 38.8. The fourth-order valence-corrected chi connectivity index (χ4v) is 4.05. The van der Waals surface area contributed by atoms with Gasteiger partial charge in [0.15, 0.2) is 0 Å². The molecule has 2 aromatic rings. The highest BCUT2D eigenvalue weighted by atomic mass is 32.2. The molecular formula is C20H28N2O4S. The Morgan fingerprint density at radius 2 is 1.70 bits per heavy atom. The van der Waals surface area contributed by atoms with Crippen molar-refractivity contribution in [1.82, 2.24) is 9.62 Å². The van der Waals surface area contributed by atoms with Crippen LogP contribution in [-0.4, -0.2) is 48.2 Å². The quantitative estimate of drug-likeness (QED) is 0.711. The van der Waals surface area contributed by atoms with Crippen molar-refractivity contribution in [3.05, 3.63) is 53.6 Å². The topological polar surface area (TPSA) is 67.9 Å². The Labute approximate surface area is 162 Å². The molecular weight excluding hydrogens is 364 g/mol. The van der Waals surface area contributed by atoms with Crippen molar-refractivity contribution in [2.24, 2.45) is 0 Å². The Bertz CT molecular complexity index is 849. The zero-order chi connectivity index (χ0) is 20.0. The van der Waals surface area contributed by atoms with Gasteiger partial charge < -0.3 is 14.4 Å². The molecule has 2 rings (SSSR count). The number of nitrogens with one attached hydrogen (secondary N) is 1. The second-order valence-corrected chi connectivity index (χ2v) is 8.18. The first-order chi connectivity index (χ1) is 12.8. The maximum Gasteiger partial charge on any atom is 0.244 e. The molecule has 27 heavy (non-hydrogen) atoms. The molecule has 1 atom stereocenters. The number of methoxy groups -OCH3 is 2. The SMILES string of the molecule is CCc1ccc(C(CNS(=O)(=O)c2cc(OC)ccc2OC)N(C)C)cc1. The average molecular weight is 393 g/mol. The number of hydrogen-bond donors (Lipinski definition) is 1. The summed E-state index contributed by atoms with van der Waals surface area (Å²) in [5.41, 5.74) is 2.30. The first-order valence-corrected chi connectivity index (χ1v) is 10.3. The predicted octanol–water partition coefficient (Wildman–Crippen LogP) is 2.85. The van der Waals surface area contributed by atoms with Crippen LogP contribution in [0.15, 0.2) is 47.4 Å². The van der Waals surface area contributed by atoms with Gasteiger partial charge in [0, 0.05) is 18.7 Å². The Morgan fingerprint density at radius 1 is 1.04 bits per heavy atom. The molecule has 0 heterocycles. The van der Waals surface area contributed by atoms with Gasteiger partial charge in [-0.2, -0.15) is 0 Å². The minimum atomic E-state index is -3.77. The van der Waals surface area contributed by atoms with Crippen LogP contribution in [0.4, 0.5) is 0 Å². The smallest absolute Gasteiger partial charge is 0.244 e. The molecule has 0 amide bonds. The first-order valence-electron chi connectivity index (χ1n) is 8.79. The van der Waals surface area contributed by atoms with Crippen molar-refractivity contribution in [2.75, 3.05) is 34.9 Å². The lowest BCUT2D eigenvalue weighted by Crippen LogP contribution is -2.34. The van der Waals surface area contributed by atoms with Crippen LogP contribution in [0, 0.1) is 0 Å². The fraction of sp³-hybridized carbons (Fsp3) is 0.400. The normalized spacial score (nSPS) is 12.8. The number of likely N-dealkylation sites (N-methyl/N-ethyl adjacent to an activating group) is 1. The van der Waals surface area contributed by atoms with Crippen LogP contribution < -0.4 is 14.2 Å². The van der Waals surface area contributed by atoms with E-state index in [1.807, 2.05) is 31.1 Å². The monoisotopic (exact) mass is 392 g/mol. The number of hydrogen-bond acceptors (Lipinski definition) is 5. The highest BCUT2D eigenvalue weighted by Crippen LogP contribution is 2.28. The zero-order valence-corrected chi connectivity index (χ0v) is 17.3. The van der Waals surface area contributed by atoms with Gasteiger partial charge in [-0.1, -0.05) is 31.2 Å². The van der Waals surface area contributed by atoms with E-state index in [1.165, 1.54) is 25.8 Å². The lowest BCUT2D eigenvalue weighted by atomic mass is 10.0. The molecule has 0 aliphatic heterocycles. The molecule has 0 radical (unpaired) electrons. The van der Waals surface area contributed by atoms with Gasteiger partial charge in [-0.15, -0.1) is 0 Å². The van der Waals surface area contributed by atoms with Gasteiger partial charge in [0.1, 0.15) is 16.4 Å². The van der Waals surface area contributed by atoms with E-state index in [4.69, 9.17) is 9.47 Å². The molecule has 0 spiro atoms. The number of aryl methyl sites for hydroxylation is 1. The van der Waals surface area contributed by atoms with Crippen LogP contribution in [0.1, 0.15) is 24.1 Å². The highest BCUT2D eigenvalue weighted by molar-refractivity contribution is 7.89. The minimum absolute atomic E-state index is 0.0585. The van der Waals surface area contributed by atoms with Gasteiger partial charge in [0.2, 0.25) is 10.0 Å². The summed E-state index contributed by atoms with van der Waals surface area (Å²) in [5, 5.41) is 0. The van der Waals surface area contributed by atoms with Crippen LogP contribution in [0.5, 0.6) is 11.5 Å². The number of rotatable bonds is 9. The number of sulfonamides is 1. The molecule has 0 saturated heterocycles. The minimum Gasteiger partial charge on any atom is -0.497 e. The summed E-state index contributed by atoms with van der Waals surface area (Å²) in [6.45, 7) is 2.34. The molecule has 1 N–H and O–H groups in total. The van der Waals surface area contributed by atoms with E-state index in [0.717, 1.165) is 12.0 Å². The van der Waals surface area contributed by atoms with Crippen molar-refractivity contribution in [3.63, 3.8) is 0 Å². The van der Waals surface area contributed by atoms with E-state index in [9.17, 15) is 8.42 Å². The zero-order valence-electron chi connectivity index (χ0n) is 16.5. The second kappa shape index (κ2) is 9.21. The van der Waals surface area contributed by atoms with Crippen LogP contribution in [-0.2, 0) is 16.4 Å². The summed E-state index contributed by atoms with van der Waals surface area (Å²) in [6.07, 6.45) is 0.967. The van der Waals surface area contributed by atoms with Crippen molar-refractivity contribution >= 4 is 10.0 Å². The summed E-state index contributed by atoms with van der Waals surface area (Å²) in [6, 6.07) is 12.9. The molecule has 1 unspecified atom stereocenters. The molecule has 0 saturated carbocycles. The summed E-state index contributed by atoms with van der Waals surface area (Å²) >= 11 is 0. The molecule has 0 aliphatic rings. The van der Waals surface area contributed by atoms with Crippen molar-refractivity contribution in [3.8, 4) is 11.5 Å². The first kappa shape index (κ1) is 21.2. The average Bonchev–Trinajstić information content (AvgIpc) is 2.67. The molecule has 6 nitrogen and oxygen atoms in total. The van der Waals surface area contributed by atoms with Gasteiger partial charge in [0.25, 0.3) is 0 Å². The maximum atomic E-state index is 12.9. The van der Waals surface area contributed by atoms with Gasteiger partial charge in [-0.05, 0) is 43.8 Å². The lowest BCUT2D eigenvalue weighted by molar-refractivity contribution is 0.299. The lowest BCUT2D eigenvalue weighted by Gasteiger charge is -2.25. The standard InChI is InChI=1S/C20H28N2O4S/c1-6-15-7-9-16(10-8-15)18(22(2)3)14-21-27(23,24)20-13-17(25-4)11-12-19(20)26-5/h7-13,18,21H,6,14H2,1-5H3. The molecule has 0 aliphatic carbocycles. The van der Waals surface area contributed by atoms with E-state index in [2.05, 4.69) is 23.8 Å². The van der Waals surface area contributed by atoms with E-state index in [-0.39, 0.29) is 23.2 Å². The molecule has 148 valence electrons. The van der Waals surface area contributed by atoms with E-state index in [0.29, 0.717) is 5.75 Å². The van der Waals surface area contributed by atoms with Crippen molar-refractivity contribution in [1.29, 1.82) is 0 Å². The molecule has 2 aromatic carbocycles. The van der Waals surface area contributed by atoms with Gasteiger partial charge in [0.05, 0.1) is 14.2 Å². The third-order valence-electron chi connectivity index (χ3n) is 4.52. The van der Waals surface area contributed by atoms with Crippen LogP contribution in [0.25, 0.3) is 0 Å². The largest absolute Gasteiger partial charge is 0.497 e. The molecule has 7 heteroatoms. The Hall–Kier alpha value is -2.09. The summed E-state index contributed by atoms with van der Waals surface area (Å²) in [4.78, 5) is 2.05. The third-order valence-corrected chi connectivity index (χ3v) is 5.97. The number of ether oxygens (including phenoxy) is 2. The number of benzene rings is 2. The van der Waals surface area contributed by atoms with Gasteiger partial charge in [-0.25, -0.2) is 13.1 Å².